The lowest BCUT2D eigenvalue weighted by atomic mass is 10.2. The van der Waals surface area contributed by atoms with E-state index in [1.807, 2.05) is 0 Å². The van der Waals surface area contributed by atoms with Gasteiger partial charge in [0.2, 0.25) is 10.0 Å². The fourth-order valence-corrected chi connectivity index (χ4v) is 4.50. The fourth-order valence-electron chi connectivity index (χ4n) is 3.09. The van der Waals surface area contributed by atoms with E-state index in [0.717, 1.165) is 12.8 Å². The van der Waals surface area contributed by atoms with Crippen molar-refractivity contribution in [2.75, 3.05) is 46.0 Å². The maximum absolute atomic E-state index is 12.6. The van der Waals surface area contributed by atoms with Crippen LogP contribution in [0.3, 0.4) is 0 Å². The van der Waals surface area contributed by atoms with Gasteiger partial charge < -0.3 is 14.4 Å². The molecule has 0 atom stereocenters. The van der Waals surface area contributed by atoms with Crippen molar-refractivity contribution in [2.45, 2.75) is 17.7 Å². The number of rotatable bonds is 6. The van der Waals surface area contributed by atoms with Gasteiger partial charge in [-0.15, -0.1) is 0 Å². The van der Waals surface area contributed by atoms with E-state index in [4.69, 9.17) is 9.47 Å². The first-order valence-electron chi connectivity index (χ1n) is 9.27. The zero-order chi connectivity index (χ0) is 20.0. The van der Waals surface area contributed by atoms with Crippen LogP contribution in [0.25, 0.3) is 6.08 Å². The van der Waals surface area contributed by atoms with Crippen molar-refractivity contribution in [3.8, 4) is 0 Å². The molecule has 0 unspecified atom stereocenters. The normalized spacial score (nSPS) is 18.5. The third kappa shape index (κ3) is 5.18. The van der Waals surface area contributed by atoms with Crippen LogP contribution in [0, 0.1) is 0 Å². The summed E-state index contributed by atoms with van der Waals surface area (Å²) < 4.78 is 36.7. The Morgan fingerprint density at radius 2 is 1.68 bits per heavy atom. The van der Waals surface area contributed by atoms with Gasteiger partial charge in [0.05, 0.1) is 18.1 Å². The van der Waals surface area contributed by atoms with Gasteiger partial charge in [-0.3, -0.25) is 4.79 Å². The zero-order valence-electron chi connectivity index (χ0n) is 15.6. The van der Waals surface area contributed by atoms with Gasteiger partial charge in [0.25, 0.3) is 5.91 Å². The van der Waals surface area contributed by atoms with Crippen LogP contribution in [0.4, 0.5) is 0 Å². The van der Waals surface area contributed by atoms with Crippen LogP contribution < -0.4 is 0 Å². The predicted octanol–water partition coefficient (Wildman–Crippen LogP) is 0.886. The van der Waals surface area contributed by atoms with Gasteiger partial charge in [0, 0.05) is 32.3 Å². The Bertz CT molecular complexity index is 822. The Morgan fingerprint density at radius 3 is 2.32 bits per heavy atom. The summed E-state index contributed by atoms with van der Waals surface area (Å²) in [5.41, 5.74) is 0.656. The Hall–Kier alpha value is -2.23. The second-order valence-electron chi connectivity index (χ2n) is 6.61. The highest BCUT2D eigenvalue weighted by atomic mass is 32.2. The number of sulfonamides is 1. The minimum absolute atomic E-state index is 0.183. The van der Waals surface area contributed by atoms with Crippen molar-refractivity contribution in [3.05, 3.63) is 35.9 Å². The van der Waals surface area contributed by atoms with E-state index in [9.17, 15) is 18.0 Å². The number of esters is 1. The maximum Gasteiger partial charge on any atom is 0.331 e. The molecule has 0 aliphatic carbocycles. The van der Waals surface area contributed by atoms with Crippen LogP contribution in [0.1, 0.15) is 18.4 Å². The van der Waals surface area contributed by atoms with Crippen molar-refractivity contribution in [2.24, 2.45) is 0 Å². The molecule has 28 heavy (non-hydrogen) atoms. The Labute approximate surface area is 164 Å². The number of morpholine rings is 1. The summed E-state index contributed by atoms with van der Waals surface area (Å²) in [5, 5.41) is 0. The van der Waals surface area contributed by atoms with Crippen LogP contribution in [-0.2, 0) is 29.1 Å². The van der Waals surface area contributed by atoms with Crippen molar-refractivity contribution in [1.82, 2.24) is 9.21 Å². The third-order valence-corrected chi connectivity index (χ3v) is 6.61. The van der Waals surface area contributed by atoms with E-state index in [1.54, 1.807) is 17.0 Å². The van der Waals surface area contributed by atoms with Gasteiger partial charge in [-0.1, -0.05) is 12.1 Å². The van der Waals surface area contributed by atoms with Gasteiger partial charge in [0.15, 0.2) is 6.61 Å². The molecule has 1 aromatic carbocycles. The monoisotopic (exact) mass is 408 g/mol. The van der Waals surface area contributed by atoms with Crippen molar-refractivity contribution in [1.29, 1.82) is 0 Å². The van der Waals surface area contributed by atoms with Gasteiger partial charge in [-0.05, 0) is 36.6 Å². The summed E-state index contributed by atoms with van der Waals surface area (Å²) >= 11 is 0. The van der Waals surface area contributed by atoms with Gasteiger partial charge in [0.1, 0.15) is 0 Å². The fraction of sp³-hybridized carbons (Fsp3) is 0.474. The Kier molecular flexibility index (Phi) is 6.82. The molecular formula is C19H24N2O6S. The Morgan fingerprint density at radius 1 is 1.04 bits per heavy atom. The molecule has 1 aromatic rings. The van der Waals surface area contributed by atoms with Crippen LogP contribution in [0.5, 0.6) is 0 Å². The number of amides is 1. The van der Waals surface area contributed by atoms with Gasteiger partial charge >= 0.3 is 5.97 Å². The molecule has 0 spiro atoms. The van der Waals surface area contributed by atoms with E-state index in [1.165, 1.54) is 28.6 Å². The van der Waals surface area contributed by atoms with Gasteiger partial charge in [-0.25, -0.2) is 13.2 Å². The smallest absolute Gasteiger partial charge is 0.331 e. The van der Waals surface area contributed by atoms with Crippen LogP contribution in [0.15, 0.2) is 35.2 Å². The first-order valence-corrected chi connectivity index (χ1v) is 10.7. The summed E-state index contributed by atoms with van der Waals surface area (Å²) in [6.45, 7) is 2.63. The molecule has 1 amide bonds. The van der Waals surface area contributed by atoms with E-state index < -0.39 is 16.0 Å². The molecule has 2 aliphatic rings. The maximum atomic E-state index is 12.6. The molecular weight excluding hydrogens is 384 g/mol. The quantitative estimate of drug-likeness (QED) is 0.513. The molecule has 0 N–H and O–H groups in total. The predicted molar refractivity (Wildman–Crippen MR) is 102 cm³/mol. The molecule has 0 aromatic heterocycles. The summed E-state index contributed by atoms with van der Waals surface area (Å²) in [7, 11) is -3.54. The van der Waals surface area contributed by atoms with Crippen LogP contribution in [0.2, 0.25) is 0 Å². The number of likely N-dealkylation sites (tertiary alicyclic amines) is 1. The molecule has 0 saturated carbocycles. The molecule has 2 heterocycles. The molecule has 9 heteroatoms. The molecule has 0 radical (unpaired) electrons. The molecule has 3 rings (SSSR count). The van der Waals surface area contributed by atoms with E-state index in [0.29, 0.717) is 45.0 Å². The molecule has 8 nitrogen and oxygen atoms in total. The first-order chi connectivity index (χ1) is 13.5. The second-order valence-corrected chi connectivity index (χ2v) is 8.55. The molecule has 2 fully saturated rings. The topological polar surface area (TPSA) is 93.2 Å². The number of hydrogen-bond acceptors (Lipinski definition) is 6. The summed E-state index contributed by atoms with van der Waals surface area (Å²) in [6, 6.07) is 6.25. The lowest BCUT2D eigenvalue weighted by molar-refractivity contribution is -0.147. The third-order valence-electron chi connectivity index (χ3n) is 4.70. The SMILES string of the molecule is O=C(/C=C/c1ccc(S(=O)(=O)N2CCOCC2)cc1)OCC(=O)N1CCCC1. The summed E-state index contributed by atoms with van der Waals surface area (Å²) in [6.07, 6.45) is 4.71. The number of nitrogens with zero attached hydrogens (tertiary/aromatic N) is 2. The molecule has 2 aliphatic heterocycles. The second kappa shape index (κ2) is 9.31. The van der Waals surface area contributed by atoms with Crippen LogP contribution in [-0.4, -0.2) is 75.5 Å². The standard InChI is InChI=1S/C19H24N2O6S/c22-18(20-9-1-2-10-20)15-27-19(23)8-5-16-3-6-17(7-4-16)28(24,25)21-11-13-26-14-12-21/h3-8H,1-2,9-15H2/b8-5+. The van der Waals surface area contributed by atoms with Crippen LogP contribution >= 0.6 is 0 Å². The van der Waals surface area contributed by atoms with Crippen molar-refractivity contribution < 1.29 is 27.5 Å². The number of hydrogen-bond donors (Lipinski definition) is 0. The minimum Gasteiger partial charge on any atom is -0.452 e. The first kappa shape index (κ1) is 20.5. The number of benzene rings is 1. The largest absolute Gasteiger partial charge is 0.452 e. The minimum atomic E-state index is -3.54. The highest BCUT2D eigenvalue weighted by Gasteiger charge is 2.26. The summed E-state index contributed by atoms with van der Waals surface area (Å²) in [5.74, 6) is -0.797. The Balaban J connectivity index is 1.53. The number of ether oxygens (including phenoxy) is 2. The average molecular weight is 408 g/mol. The van der Waals surface area contributed by atoms with Crippen molar-refractivity contribution >= 4 is 28.0 Å². The van der Waals surface area contributed by atoms with E-state index in [-0.39, 0.29) is 17.4 Å². The molecule has 2 saturated heterocycles. The lowest BCUT2D eigenvalue weighted by Gasteiger charge is -2.26. The zero-order valence-corrected chi connectivity index (χ0v) is 16.4. The van der Waals surface area contributed by atoms with E-state index >= 15 is 0 Å². The number of carbonyl (C=O) groups excluding carboxylic acids is 2. The highest BCUT2D eigenvalue weighted by Crippen LogP contribution is 2.18. The molecule has 152 valence electrons. The summed E-state index contributed by atoms with van der Waals surface area (Å²) in [4.78, 5) is 25.5. The molecule has 0 bridgehead atoms. The van der Waals surface area contributed by atoms with Crippen molar-refractivity contribution in [3.63, 3.8) is 0 Å². The van der Waals surface area contributed by atoms with E-state index in [2.05, 4.69) is 0 Å². The average Bonchev–Trinajstić information content (AvgIpc) is 3.26. The lowest BCUT2D eigenvalue weighted by Crippen LogP contribution is -2.40. The van der Waals surface area contributed by atoms with Gasteiger partial charge in [-0.2, -0.15) is 4.31 Å². The number of carbonyl (C=O) groups is 2. The highest BCUT2D eigenvalue weighted by molar-refractivity contribution is 7.89.